The average molecular weight is 443 g/mol. The first-order chi connectivity index (χ1) is 15.2. The highest BCUT2D eigenvalue weighted by atomic mass is 32.1. The lowest BCUT2D eigenvalue weighted by atomic mass is 9.99. The third-order valence-electron chi connectivity index (χ3n) is 6.12. The second kappa shape index (κ2) is 9.06. The average Bonchev–Trinajstić information content (AvgIpc) is 3.42. The summed E-state index contributed by atoms with van der Waals surface area (Å²) < 4.78 is 24.9. The van der Waals surface area contributed by atoms with Crippen LogP contribution in [-0.2, 0) is 25.9 Å². The quantitative estimate of drug-likeness (QED) is 0.572. The number of benzene rings is 1. The second-order valence-electron chi connectivity index (χ2n) is 8.29. The molecule has 1 aromatic carbocycles. The van der Waals surface area contributed by atoms with E-state index >= 15 is 0 Å². The van der Waals surface area contributed by atoms with Gasteiger partial charge in [0.25, 0.3) is 5.89 Å². The van der Waals surface area contributed by atoms with E-state index in [0.29, 0.717) is 18.3 Å². The zero-order chi connectivity index (χ0) is 21.2. The van der Waals surface area contributed by atoms with Gasteiger partial charge in [-0.2, -0.15) is 0 Å². The van der Waals surface area contributed by atoms with Crippen molar-refractivity contribution in [1.29, 1.82) is 0 Å². The zero-order valence-electron chi connectivity index (χ0n) is 17.8. The largest absolute Gasteiger partial charge is 0.494 e. The van der Waals surface area contributed by atoms with Crippen molar-refractivity contribution in [3.8, 4) is 16.5 Å². The van der Waals surface area contributed by atoms with Gasteiger partial charge in [0.2, 0.25) is 5.89 Å². The predicted molar refractivity (Wildman–Crippen MR) is 118 cm³/mol. The smallest absolute Gasteiger partial charge is 0.257 e. The first-order valence-corrected chi connectivity index (χ1v) is 11.7. The molecule has 8 heteroatoms. The molecule has 0 bridgehead atoms. The molecule has 1 aliphatic heterocycles. The SMILES string of the molecule is COc1ccc(CN2CCN(Cc3nnc(-c4cc5c(s4)CCCC5)o3)CC2)cc1F. The zero-order valence-corrected chi connectivity index (χ0v) is 18.6. The molecule has 6 nitrogen and oxygen atoms in total. The molecule has 1 aliphatic carbocycles. The summed E-state index contributed by atoms with van der Waals surface area (Å²) in [5.74, 6) is 1.30. The van der Waals surface area contributed by atoms with Gasteiger partial charge in [-0.1, -0.05) is 6.07 Å². The Kier molecular flexibility index (Phi) is 6.02. The third kappa shape index (κ3) is 4.66. The van der Waals surface area contributed by atoms with Crippen LogP contribution in [0.3, 0.4) is 0 Å². The number of nitrogens with zero attached hydrogens (tertiary/aromatic N) is 4. The normalized spacial score (nSPS) is 17.6. The minimum absolute atomic E-state index is 0.287. The first-order valence-electron chi connectivity index (χ1n) is 10.9. The number of thiophene rings is 1. The van der Waals surface area contributed by atoms with E-state index in [0.717, 1.165) is 43.2 Å². The molecule has 0 amide bonds. The van der Waals surface area contributed by atoms with Crippen molar-refractivity contribution in [3.63, 3.8) is 0 Å². The highest BCUT2D eigenvalue weighted by Crippen LogP contribution is 2.35. The topological polar surface area (TPSA) is 54.6 Å². The molecule has 31 heavy (non-hydrogen) atoms. The fourth-order valence-corrected chi connectivity index (χ4v) is 5.55. The van der Waals surface area contributed by atoms with E-state index in [1.54, 1.807) is 23.5 Å². The van der Waals surface area contributed by atoms with Crippen LogP contribution in [0.4, 0.5) is 4.39 Å². The Hall–Kier alpha value is -2.29. The number of hydrogen-bond acceptors (Lipinski definition) is 7. The van der Waals surface area contributed by atoms with Crippen molar-refractivity contribution in [2.45, 2.75) is 38.8 Å². The molecule has 3 heterocycles. The summed E-state index contributed by atoms with van der Waals surface area (Å²) in [6, 6.07) is 7.42. The van der Waals surface area contributed by atoms with Gasteiger partial charge in [-0.3, -0.25) is 9.80 Å². The van der Waals surface area contributed by atoms with Gasteiger partial charge < -0.3 is 9.15 Å². The minimum Gasteiger partial charge on any atom is -0.494 e. The number of methoxy groups -OCH3 is 1. The number of hydrogen-bond donors (Lipinski definition) is 0. The van der Waals surface area contributed by atoms with Gasteiger partial charge in [-0.15, -0.1) is 21.5 Å². The highest BCUT2D eigenvalue weighted by molar-refractivity contribution is 7.15. The van der Waals surface area contributed by atoms with Crippen LogP contribution in [-0.4, -0.2) is 53.3 Å². The molecule has 0 atom stereocenters. The molecule has 1 fully saturated rings. The summed E-state index contributed by atoms with van der Waals surface area (Å²) >= 11 is 1.80. The summed E-state index contributed by atoms with van der Waals surface area (Å²) in [7, 11) is 1.48. The van der Waals surface area contributed by atoms with Crippen LogP contribution in [0.1, 0.15) is 34.7 Å². The van der Waals surface area contributed by atoms with Crippen LogP contribution in [0.15, 0.2) is 28.7 Å². The van der Waals surface area contributed by atoms with Gasteiger partial charge in [0, 0.05) is 37.6 Å². The van der Waals surface area contributed by atoms with Gasteiger partial charge >= 0.3 is 0 Å². The summed E-state index contributed by atoms with van der Waals surface area (Å²) in [5, 5.41) is 8.59. The van der Waals surface area contributed by atoms with Gasteiger partial charge in [0.1, 0.15) is 0 Å². The molecule has 5 rings (SSSR count). The molecule has 0 N–H and O–H groups in total. The molecule has 0 spiro atoms. The number of fused-ring (bicyclic) bond motifs is 1. The number of halogens is 1. The van der Waals surface area contributed by atoms with E-state index in [-0.39, 0.29) is 11.6 Å². The summed E-state index contributed by atoms with van der Waals surface area (Å²) in [4.78, 5) is 7.26. The van der Waals surface area contributed by atoms with Gasteiger partial charge in [0.05, 0.1) is 18.5 Å². The molecular formula is C23H27FN4O2S. The summed E-state index contributed by atoms with van der Waals surface area (Å²) in [5.41, 5.74) is 2.42. The van der Waals surface area contributed by atoms with Crippen molar-refractivity contribution in [2.75, 3.05) is 33.3 Å². The molecule has 0 saturated carbocycles. The molecule has 2 aromatic heterocycles. The molecule has 2 aliphatic rings. The molecule has 3 aromatic rings. The van der Waals surface area contributed by atoms with Crippen molar-refractivity contribution < 1.29 is 13.5 Å². The van der Waals surface area contributed by atoms with Crippen LogP contribution in [0.2, 0.25) is 0 Å². The number of aryl methyl sites for hydroxylation is 2. The Morgan fingerprint density at radius 1 is 1.03 bits per heavy atom. The monoisotopic (exact) mass is 442 g/mol. The third-order valence-corrected chi connectivity index (χ3v) is 7.35. The fraction of sp³-hybridized carbons (Fsp3) is 0.478. The predicted octanol–water partition coefficient (Wildman–Crippen LogP) is 4.14. The van der Waals surface area contributed by atoms with E-state index in [1.807, 2.05) is 6.07 Å². The lowest BCUT2D eigenvalue weighted by molar-refractivity contribution is 0.114. The van der Waals surface area contributed by atoms with Gasteiger partial charge in [0.15, 0.2) is 11.6 Å². The van der Waals surface area contributed by atoms with E-state index in [9.17, 15) is 4.39 Å². The Labute approximate surface area is 185 Å². The second-order valence-corrected chi connectivity index (χ2v) is 9.43. The maximum atomic E-state index is 13.9. The van der Waals surface area contributed by atoms with Crippen LogP contribution in [0.5, 0.6) is 5.75 Å². The fourth-order valence-electron chi connectivity index (χ4n) is 4.38. The maximum Gasteiger partial charge on any atom is 0.257 e. The van der Waals surface area contributed by atoms with Crippen LogP contribution >= 0.6 is 11.3 Å². The summed E-state index contributed by atoms with van der Waals surface area (Å²) in [6.45, 7) is 5.09. The van der Waals surface area contributed by atoms with Gasteiger partial charge in [-0.25, -0.2) is 4.39 Å². The standard InChI is InChI=1S/C23H27FN4O2S/c1-29-19-7-6-16(12-18(19)24)14-27-8-10-28(11-9-27)15-22-25-26-23(30-22)21-13-17-4-2-3-5-20(17)31-21/h6-7,12-13H,2-5,8-11,14-15H2,1H3. The Balaban J connectivity index is 1.14. The van der Waals surface area contributed by atoms with E-state index in [1.165, 1.54) is 43.2 Å². The number of piperazine rings is 1. The van der Waals surface area contributed by atoms with Gasteiger partial charge in [-0.05, 0) is 55.0 Å². The maximum absolute atomic E-state index is 13.9. The van der Waals surface area contributed by atoms with Crippen molar-refractivity contribution >= 4 is 11.3 Å². The van der Waals surface area contributed by atoms with Crippen molar-refractivity contribution in [2.24, 2.45) is 0 Å². The molecular weight excluding hydrogens is 415 g/mol. The van der Waals surface area contributed by atoms with Crippen LogP contribution < -0.4 is 4.74 Å². The minimum atomic E-state index is -0.308. The lowest BCUT2D eigenvalue weighted by Crippen LogP contribution is -2.45. The van der Waals surface area contributed by atoms with Crippen molar-refractivity contribution in [3.05, 3.63) is 52.0 Å². The molecule has 164 valence electrons. The van der Waals surface area contributed by atoms with E-state index in [4.69, 9.17) is 9.15 Å². The molecule has 0 unspecified atom stereocenters. The first kappa shape index (κ1) is 20.6. The molecule has 0 radical (unpaired) electrons. The lowest BCUT2D eigenvalue weighted by Gasteiger charge is -2.33. The van der Waals surface area contributed by atoms with Crippen molar-refractivity contribution in [1.82, 2.24) is 20.0 Å². The molecule has 1 saturated heterocycles. The van der Waals surface area contributed by atoms with Crippen LogP contribution in [0, 0.1) is 5.82 Å². The number of ether oxygens (including phenoxy) is 1. The Bertz CT molecular complexity index is 1020. The Morgan fingerprint density at radius 3 is 2.55 bits per heavy atom. The number of rotatable bonds is 6. The Morgan fingerprint density at radius 2 is 1.81 bits per heavy atom. The summed E-state index contributed by atoms with van der Waals surface area (Å²) in [6.07, 6.45) is 4.90. The highest BCUT2D eigenvalue weighted by Gasteiger charge is 2.21. The van der Waals surface area contributed by atoms with Crippen LogP contribution in [0.25, 0.3) is 10.8 Å². The van der Waals surface area contributed by atoms with E-state index in [2.05, 4.69) is 26.1 Å². The number of aromatic nitrogens is 2. The van der Waals surface area contributed by atoms with E-state index < -0.39 is 0 Å².